The zero-order valence-corrected chi connectivity index (χ0v) is 23.5. The molecule has 40 heavy (non-hydrogen) atoms. The minimum atomic E-state index is -3.80. The fourth-order valence-corrected chi connectivity index (χ4v) is 5.55. The first-order chi connectivity index (χ1) is 18.9. The van der Waals surface area contributed by atoms with Crippen LogP contribution < -0.4 is 14.6 Å². The summed E-state index contributed by atoms with van der Waals surface area (Å²) in [7, 11) is -3.80. The summed E-state index contributed by atoms with van der Waals surface area (Å²) in [6, 6.07) is 17.5. The number of esters is 1. The molecule has 0 aromatic heterocycles. The highest BCUT2D eigenvalue weighted by Gasteiger charge is 2.31. The van der Waals surface area contributed by atoms with Crippen LogP contribution in [0, 0.1) is 5.41 Å². The molecule has 4 rings (SSSR count). The van der Waals surface area contributed by atoms with Gasteiger partial charge in [-0.3, -0.25) is 4.79 Å². The molecular formula is C30H33F2NO6S. The Hall–Kier alpha value is -3.50. The summed E-state index contributed by atoms with van der Waals surface area (Å²) in [6.07, 6.45) is 1.62. The minimum absolute atomic E-state index is 0.0347. The fraction of sp³-hybridized carbons (Fsp3) is 0.367. The lowest BCUT2D eigenvalue weighted by Gasteiger charge is -2.31. The molecule has 1 aliphatic heterocycles. The Labute approximate surface area is 233 Å². The van der Waals surface area contributed by atoms with Gasteiger partial charge in [-0.15, -0.1) is 0 Å². The van der Waals surface area contributed by atoms with Crippen molar-refractivity contribution in [2.24, 2.45) is 10.6 Å². The van der Waals surface area contributed by atoms with Gasteiger partial charge < -0.3 is 14.2 Å². The van der Waals surface area contributed by atoms with Crippen LogP contribution in [0.3, 0.4) is 0 Å². The van der Waals surface area contributed by atoms with Crippen molar-refractivity contribution in [2.45, 2.75) is 58.5 Å². The maximum Gasteiger partial charge on any atom is 0.387 e. The zero-order valence-electron chi connectivity index (χ0n) is 22.7. The summed E-state index contributed by atoms with van der Waals surface area (Å²) >= 11 is 0. The third-order valence-electron chi connectivity index (χ3n) is 6.86. The number of primary sulfonamides is 1. The molecular weight excluding hydrogens is 540 g/mol. The van der Waals surface area contributed by atoms with Gasteiger partial charge in [0.1, 0.15) is 17.6 Å². The number of halogens is 2. The highest BCUT2D eigenvalue weighted by molar-refractivity contribution is 7.88. The van der Waals surface area contributed by atoms with Crippen molar-refractivity contribution in [3.8, 4) is 22.6 Å². The summed E-state index contributed by atoms with van der Waals surface area (Å²) in [4.78, 5) is 12.2. The van der Waals surface area contributed by atoms with Crippen LogP contribution in [0.15, 0.2) is 60.7 Å². The van der Waals surface area contributed by atoms with Crippen molar-refractivity contribution >= 4 is 16.0 Å². The van der Waals surface area contributed by atoms with Gasteiger partial charge in [-0.2, -0.15) is 8.78 Å². The predicted octanol–water partition coefficient (Wildman–Crippen LogP) is 6.14. The Morgan fingerprint density at radius 1 is 1.07 bits per heavy atom. The topological polar surface area (TPSA) is 105 Å². The second-order valence-electron chi connectivity index (χ2n) is 10.4. The van der Waals surface area contributed by atoms with Gasteiger partial charge in [0.15, 0.2) is 0 Å². The Bertz CT molecular complexity index is 1470. The number of sulfonamides is 1. The average molecular weight is 574 g/mol. The van der Waals surface area contributed by atoms with Crippen molar-refractivity contribution in [1.82, 2.24) is 0 Å². The Balaban J connectivity index is 1.62. The van der Waals surface area contributed by atoms with Gasteiger partial charge >= 0.3 is 12.6 Å². The SMILES string of the molecule is CCOC(=O)C(C)(C)CCCc1ccc(C2Oc3cccc(OC(F)F)c3-c3ccc(CS(N)(=O)=O)cc32)cc1. The standard InChI is InChI=1S/C30H33F2NO6S/c1-4-37-28(34)30(2,3)16-6-7-19-10-13-21(14-11-19)27-23-17-20(18-40(33,35)36)12-15-22(23)26-24(38-27)8-5-9-25(26)39-29(31)32/h5,8-15,17,27,29H,4,6-7,16,18H2,1-3H3,(H2,33,35,36). The maximum absolute atomic E-state index is 13.2. The summed E-state index contributed by atoms with van der Waals surface area (Å²) in [5.41, 5.74) is 3.35. The summed E-state index contributed by atoms with van der Waals surface area (Å²) in [5, 5.41) is 5.27. The average Bonchev–Trinajstić information content (AvgIpc) is 2.87. The van der Waals surface area contributed by atoms with Gasteiger partial charge in [0.05, 0.1) is 23.3 Å². The summed E-state index contributed by atoms with van der Waals surface area (Å²) < 4.78 is 66.1. The van der Waals surface area contributed by atoms with E-state index in [0.717, 1.165) is 24.0 Å². The lowest BCUT2D eigenvalue weighted by molar-refractivity contribution is -0.153. The molecule has 7 nitrogen and oxygen atoms in total. The monoisotopic (exact) mass is 573 g/mol. The lowest BCUT2D eigenvalue weighted by atomic mass is 9.86. The molecule has 10 heteroatoms. The Morgan fingerprint density at radius 2 is 1.77 bits per heavy atom. The van der Waals surface area contributed by atoms with Crippen LogP contribution in [0.2, 0.25) is 0 Å². The van der Waals surface area contributed by atoms with Gasteiger partial charge in [0.2, 0.25) is 10.0 Å². The Kier molecular flexibility index (Phi) is 8.80. The summed E-state index contributed by atoms with van der Waals surface area (Å²) in [5.74, 6) is -0.244. The first-order valence-electron chi connectivity index (χ1n) is 13.0. The normalized spacial score (nSPS) is 14.7. The van der Waals surface area contributed by atoms with Crippen molar-refractivity contribution in [1.29, 1.82) is 0 Å². The highest BCUT2D eigenvalue weighted by Crippen LogP contribution is 2.49. The highest BCUT2D eigenvalue weighted by atomic mass is 32.2. The fourth-order valence-electron chi connectivity index (χ4n) is 4.91. The van der Waals surface area contributed by atoms with Crippen LogP contribution in [0.1, 0.15) is 62.0 Å². The number of ether oxygens (including phenoxy) is 3. The lowest BCUT2D eigenvalue weighted by Crippen LogP contribution is -2.26. The van der Waals surface area contributed by atoms with E-state index in [1.165, 1.54) is 6.07 Å². The van der Waals surface area contributed by atoms with Crippen LogP contribution in [0.5, 0.6) is 11.5 Å². The van der Waals surface area contributed by atoms with Gasteiger partial charge in [-0.25, -0.2) is 13.6 Å². The molecule has 0 spiro atoms. The molecule has 0 saturated heterocycles. The van der Waals surface area contributed by atoms with Gasteiger partial charge in [0, 0.05) is 5.56 Å². The van der Waals surface area contributed by atoms with E-state index in [1.807, 2.05) is 38.1 Å². The van der Waals surface area contributed by atoms with Crippen LogP contribution in [-0.4, -0.2) is 27.6 Å². The van der Waals surface area contributed by atoms with Crippen molar-refractivity contribution in [3.63, 3.8) is 0 Å². The molecule has 214 valence electrons. The maximum atomic E-state index is 13.2. The van der Waals surface area contributed by atoms with Gasteiger partial charge in [-0.05, 0) is 74.4 Å². The zero-order chi connectivity index (χ0) is 29.1. The molecule has 0 radical (unpaired) electrons. The first-order valence-corrected chi connectivity index (χ1v) is 14.7. The third-order valence-corrected chi connectivity index (χ3v) is 7.60. The smallest absolute Gasteiger partial charge is 0.387 e. The Morgan fingerprint density at radius 3 is 2.42 bits per heavy atom. The molecule has 1 unspecified atom stereocenters. The van der Waals surface area contributed by atoms with E-state index < -0.39 is 28.2 Å². The van der Waals surface area contributed by atoms with E-state index in [4.69, 9.17) is 19.3 Å². The van der Waals surface area contributed by atoms with E-state index in [-0.39, 0.29) is 17.5 Å². The number of rotatable bonds is 11. The number of carbonyl (C=O) groups excluding carboxylic acids is 1. The van der Waals surface area contributed by atoms with Crippen LogP contribution in [-0.2, 0) is 31.7 Å². The van der Waals surface area contributed by atoms with E-state index >= 15 is 0 Å². The van der Waals surface area contributed by atoms with Crippen LogP contribution in [0.25, 0.3) is 11.1 Å². The number of fused-ring (bicyclic) bond motifs is 3. The number of hydrogen-bond acceptors (Lipinski definition) is 6. The molecule has 0 bridgehead atoms. The van der Waals surface area contributed by atoms with Crippen molar-refractivity contribution < 1.29 is 36.2 Å². The summed E-state index contributed by atoms with van der Waals surface area (Å²) in [6.45, 7) is 2.88. The second kappa shape index (κ2) is 11.9. The first kappa shape index (κ1) is 29.5. The third kappa shape index (κ3) is 6.98. The quantitative estimate of drug-likeness (QED) is 0.277. The molecule has 0 amide bonds. The molecule has 3 aromatic carbocycles. The predicted molar refractivity (Wildman–Crippen MR) is 148 cm³/mol. The van der Waals surface area contributed by atoms with E-state index in [2.05, 4.69) is 0 Å². The molecule has 2 N–H and O–H groups in total. The molecule has 0 aliphatic carbocycles. The molecule has 1 aliphatic rings. The number of hydrogen-bond donors (Lipinski definition) is 1. The second-order valence-corrected chi connectivity index (χ2v) is 12.0. The minimum Gasteiger partial charge on any atom is -0.480 e. The van der Waals surface area contributed by atoms with Gasteiger partial charge in [-0.1, -0.05) is 48.5 Å². The van der Waals surface area contributed by atoms with Crippen molar-refractivity contribution in [2.75, 3.05) is 6.61 Å². The van der Waals surface area contributed by atoms with Crippen LogP contribution >= 0.6 is 0 Å². The van der Waals surface area contributed by atoms with Gasteiger partial charge in [0.25, 0.3) is 0 Å². The van der Waals surface area contributed by atoms with E-state index in [0.29, 0.717) is 41.0 Å². The number of nitrogens with two attached hydrogens (primary N) is 1. The van der Waals surface area contributed by atoms with E-state index in [9.17, 15) is 22.0 Å². The number of benzene rings is 3. The molecule has 3 aromatic rings. The molecule has 0 saturated carbocycles. The molecule has 1 heterocycles. The number of alkyl halides is 2. The molecule has 0 fully saturated rings. The van der Waals surface area contributed by atoms with Crippen LogP contribution in [0.4, 0.5) is 8.78 Å². The van der Waals surface area contributed by atoms with E-state index in [1.54, 1.807) is 37.3 Å². The number of aryl methyl sites for hydroxylation is 1. The van der Waals surface area contributed by atoms with Crippen molar-refractivity contribution in [3.05, 3.63) is 82.9 Å². The largest absolute Gasteiger partial charge is 0.480 e. The molecule has 1 atom stereocenters. The number of carbonyl (C=O) groups is 1.